The highest BCUT2D eigenvalue weighted by atomic mass is 15.2. The largest absolute Gasteiger partial charge is 0.365 e. The highest BCUT2D eigenvalue weighted by Gasteiger charge is 2.24. The molecule has 19 heavy (non-hydrogen) atoms. The Hall–Kier alpha value is -1.28. The van der Waals surface area contributed by atoms with Crippen LogP contribution in [0.5, 0.6) is 0 Å². The first-order valence-electron chi connectivity index (χ1n) is 7.45. The van der Waals surface area contributed by atoms with Gasteiger partial charge in [-0.05, 0) is 38.4 Å². The summed E-state index contributed by atoms with van der Waals surface area (Å²) < 4.78 is 0. The zero-order chi connectivity index (χ0) is 13.5. The van der Waals surface area contributed by atoms with Crippen molar-refractivity contribution in [2.75, 3.05) is 18.5 Å². The number of benzene rings is 1. The third kappa shape index (κ3) is 3.84. The molecule has 0 amide bonds. The average Bonchev–Trinajstić information content (AvgIpc) is 2.71. The summed E-state index contributed by atoms with van der Waals surface area (Å²) in [5.74, 6) is 0. The lowest BCUT2D eigenvalue weighted by atomic mass is 10.0. The second kappa shape index (κ2) is 7.34. The zero-order valence-corrected chi connectivity index (χ0v) is 12.0. The van der Waals surface area contributed by atoms with E-state index in [1.165, 1.54) is 37.8 Å². The van der Waals surface area contributed by atoms with Crippen molar-refractivity contribution >= 4 is 5.69 Å². The highest BCUT2D eigenvalue weighted by molar-refractivity contribution is 5.47. The van der Waals surface area contributed by atoms with Gasteiger partial charge in [0.2, 0.25) is 0 Å². The van der Waals surface area contributed by atoms with Crippen LogP contribution >= 0.6 is 0 Å². The fourth-order valence-electron chi connectivity index (χ4n) is 3.10. The van der Waals surface area contributed by atoms with Gasteiger partial charge in [0.1, 0.15) is 0 Å². The van der Waals surface area contributed by atoms with Crippen LogP contribution in [0.3, 0.4) is 0 Å². The third-order valence-electron chi connectivity index (χ3n) is 4.16. The van der Waals surface area contributed by atoms with Crippen molar-refractivity contribution in [3.63, 3.8) is 0 Å². The lowest BCUT2D eigenvalue weighted by Gasteiger charge is -2.34. The second-order valence-electron chi connectivity index (χ2n) is 5.44. The Morgan fingerprint density at radius 1 is 1.26 bits per heavy atom. The molecule has 104 valence electrons. The van der Waals surface area contributed by atoms with E-state index < -0.39 is 0 Å². The van der Waals surface area contributed by atoms with Crippen molar-refractivity contribution in [3.8, 4) is 0 Å². The van der Waals surface area contributed by atoms with Gasteiger partial charge in [-0.2, -0.15) is 0 Å². The van der Waals surface area contributed by atoms with E-state index in [1.807, 2.05) is 6.08 Å². The number of hydrogen-bond donors (Lipinski definition) is 1. The van der Waals surface area contributed by atoms with Crippen LogP contribution in [0.25, 0.3) is 0 Å². The van der Waals surface area contributed by atoms with Crippen LogP contribution in [-0.4, -0.2) is 25.7 Å². The number of nitrogens with one attached hydrogen (secondary N) is 1. The summed E-state index contributed by atoms with van der Waals surface area (Å²) in [7, 11) is 2.09. The van der Waals surface area contributed by atoms with Crippen LogP contribution in [0.1, 0.15) is 32.1 Å². The van der Waals surface area contributed by atoms with Gasteiger partial charge < -0.3 is 10.2 Å². The highest BCUT2D eigenvalue weighted by Crippen LogP contribution is 2.26. The van der Waals surface area contributed by atoms with Gasteiger partial charge in [0.15, 0.2) is 0 Å². The van der Waals surface area contributed by atoms with Crippen LogP contribution in [-0.2, 0) is 0 Å². The summed E-state index contributed by atoms with van der Waals surface area (Å²) >= 11 is 0. The molecule has 1 aromatic carbocycles. The number of anilines is 1. The standard InChI is InChI=1S/C17H26N2/c1-3-13-19(16-10-5-4-6-11-16)17-12-8-7-9-15(14-17)18-2/h3-6,10-11,15,17-18H,1,7-9,12-14H2,2H3/t15-,17-/m1/s1. The molecule has 0 bridgehead atoms. The van der Waals surface area contributed by atoms with Crippen molar-refractivity contribution in [2.24, 2.45) is 0 Å². The predicted octanol–water partition coefficient (Wildman–Crippen LogP) is 3.60. The first-order valence-corrected chi connectivity index (χ1v) is 7.45. The molecule has 1 fully saturated rings. The van der Waals surface area contributed by atoms with E-state index in [0.717, 1.165) is 6.54 Å². The minimum atomic E-state index is 0.625. The molecule has 0 aromatic heterocycles. The van der Waals surface area contributed by atoms with E-state index in [9.17, 15) is 0 Å². The minimum absolute atomic E-state index is 0.625. The van der Waals surface area contributed by atoms with Gasteiger partial charge in [0.25, 0.3) is 0 Å². The zero-order valence-electron chi connectivity index (χ0n) is 12.0. The van der Waals surface area contributed by atoms with Gasteiger partial charge in [-0.1, -0.05) is 37.1 Å². The summed E-state index contributed by atoms with van der Waals surface area (Å²) in [5, 5.41) is 3.47. The van der Waals surface area contributed by atoms with E-state index in [0.29, 0.717) is 12.1 Å². The van der Waals surface area contributed by atoms with E-state index in [4.69, 9.17) is 0 Å². The predicted molar refractivity (Wildman–Crippen MR) is 83.7 cm³/mol. The summed E-state index contributed by atoms with van der Waals surface area (Å²) in [5.41, 5.74) is 1.32. The quantitative estimate of drug-likeness (QED) is 0.641. The molecule has 1 N–H and O–H groups in total. The number of hydrogen-bond acceptors (Lipinski definition) is 2. The second-order valence-corrected chi connectivity index (χ2v) is 5.44. The molecular formula is C17H26N2. The maximum atomic E-state index is 3.93. The van der Waals surface area contributed by atoms with E-state index in [-0.39, 0.29) is 0 Å². The van der Waals surface area contributed by atoms with Crippen LogP contribution in [0.15, 0.2) is 43.0 Å². The maximum Gasteiger partial charge on any atom is 0.0371 e. The first-order chi connectivity index (χ1) is 9.35. The van der Waals surface area contributed by atoms with Crippen LogP contribution < -0.4 is 10.2 Å². The Morgan fingerprint density at radius 2 is 2.00 bits per heavy atom. The monoisotopic (exact) mass is 258 g/mol. The van der Waals surface area contributed by atoms with Crippen molar-refractivity contribution in [3.05, 3.63) is 43.0 Å². The van der Waals surface area contributed by atoms with Gasteiger partial charge in [0, 0.05) is 24.3 Å². The lowest BCUT2D eigenvalue weighted by Crippen LogP contribution is -2.39. The molecule has 2 heteroatoms. The Balaban J connectivity index is 2.15. The average molecular weight is 258 g/mol. The molecule has 0 radical (unpaired) electrons. The summed E-state index contributed by atoms with van der Waals surface area (Å²) in [6.45, 7) is 4.86. The van der Waals surface area contributed by atoms with E-state index in [2.05, 4.69) is 54.2 Å². The topological polar surface area (TPSA) is 15.3 Å². The van der Waals surface area contributed by atoms with E-state index in [1.54, 1.807) is 0 Å². The minimum Gasteiger partial charge on any atom is -0.365 e. The molecule has 2 rings (SSSR count). The molecule has 2 atom stereocenters. The Morgan fingerprint density at radius 3 is 2.68 bits per heavy atom. The van der Waals surface area contributed by atoms with Crippen molar-refractivity contribution in [2.45, 2.75) is 44.2 Å². The van der Waals surface area contributed by atoms with Crippen molar-refractivity contribution < 1.29 is 0 Å². The number of para-hydroxylation sites is 1. The smallest absolute Gasteiger partial charge is 0.0371 e. The lowest BCUT2D eigenvalue weighted by molar-refractivity contribution is 0.454. The molecule has 1 saturated carbocycles. The Bertz CT molecular complexity index is 374. The SMILES string of the molecule is C=CCN(c1ccccc1)[C@@H]1CCCC[C@@H](NC)C1. The molecule has 2 nitrogen and oxygen atoms in total. The molecule has 1 aromatic rings. The first kappa shape index (κ1) is 14.1. The molecule has 1 aliphatic carbocycles. The van der Waals surface area contributed by atoms with Crippen LogP contribution in [0, 0.1) is 0 Å². The fraction of sp³-hybridized carbons (Fsp3) is 0.529. The molecule has 0 aliphatic heterocycles. The molecule has 0 saturated heterocycles. The summed E-state index contributed by atoms with van der Waals surface area (Å²) in [6, 6.07) is 12.0. The van der Waals surface area contributed by atoms with Crippen molar-refractivity contribution in [1.29, 1.82) is 0 Å². The van der Waals surface area contributed by atoms with Crippen molar-refractivity contribution in [1.82, 2.24) is 5.32 Å². The molecule has 0 heterocycles. The Kier molecular flexibility index (Phi) is 5.46. The van der Waals surface area contributed by atoms with Crippen LogP contribution in [0.2, 0.25) is 0 Å². The van der Waals surface area contributed by atoms with Gasteiger partial charge in [0.05, 0.1) is 0 Å². The molecule has 1 aliphatic rings. The van der Waals surface area contributed by atoms with Gasteiger partial charge >= 0.3 is 0 Å². The normalized spacial score (nSPS) is 23.6. The molecule has 0 unspecified atom stereocenters. The third-order valence-corrected chi connectivity index (χ3v) is 4.16. The maximum absolute atomic E-state index is 3.93. The summed E-state index contributed by atoms with van der Waals surface area (Å²) in [4.78, 5) is 2.52. The molecular weight excluding hydrogens is 232 g/mol. The number of nitrogens with zero attached hydrogens (tertiary/aromatic N) is 1. The van der Waals surface area contributed by atoms with Gasteiger partial charge in [-0.15, -0.1) is 6.58 Å². The summed E-state index contributed by atoms with van der Waals surface area (Å²) in [6.07, 6.45) is 8.54. The van der Waals surface area contributed by atoms with Crippen LogP contribution in [0.4, 0.5) is 5.69 Å². The Labute approximate surface area is 117 Å². The fourth-order valence-corrected chi connectivity index (χ4v) is 3.10. The number of rotatable bonds is 5. The van der Waals surface area contributed by atoms with Gasteiger partial charge in [-0.3, -0.25) is 0 Å². The van der Waals surface area contributed by atoms with E-state index >= 15 is 0 Å². The van der Waals surface area contributed by atoms with Gasteiger partial charge in [-0.25, -0.2) is 0 Å². The molecule has 0 spiro atoms.